The molecule has 1 saturated heterocycles. The van der Waals surface area contributed by atoms with Crippen LogP contribution in [0.5, 0.6) is 0 Å². The Bertz CT molecular complexity index is 247. The van der Waals surface area contributed by atoms with Gasteiger partial charge in [0.1, 0.15) is 6.04 Å². The lowest BCUT2D eigenvalue weighted by molar-refractivity contribution is -0.137. The molecule has 4 N–H and O–H groups in total. The molecule has 5 nitrogen and oxygen atoms in total. The fourth-order valence-corrected chi connectivity index (χ4v) is 2.46. The van der Waals surface area contributed by atoms with E-state index in [1.165, 1.54) is 16.7 Å². The molecular weight excluding hydrogens is 202 g/mol. The Labute approximate surface area is 87.2 Å². The van der Waals surface area contributed by atoms with E-state index in [0.29, 0.717) is 18.1 Å². The van der Waals surface area contributed by atoms with Crippen molar-refractivity contribution in [2.45, 2.75) is 25.4 Å². The molecule has 0 bridgehead atoms. The number of amides is 2. The van der Waals surface area contributed by atoms with E-state index in [-0.39, 0.29) is 5.91 Å². The Morgan fingerprint density at radius 2 is 2.29 bits per heavy atom. The first-order chi connectivity index (χ1) is 6.57. The molecule has 1 rings (SSSR count). The standard InChI is InChI=1S/C8H15N3O2S/c1-2-5(9)8(13)11-4-14-3-6(11)7(10)12/h5-6H,2-4,9H2,1H3,(H2,10,12)/t5-,6+/m0/s1. The van der Waals surface area contributed by atoms with Gasteiger partial charge in [-0.25, -0.2) is 0 Å². The summed E-state index contributed by atoms with van der Waals surface area (Å²) >= 11 is 1.52. The average Bonchev–Trinajstić information content (AvgIpc) is 2.63. The van der Waals surface area contributed by atoms with Crippen molar-refractivity contribution in [3.8, 4) is 0 Å². The third-order valence-electron chi connectivity index (χ3n) is 2.25. The Morgan fingerprint density at radius 3 is 2.79 bits per heavy atom. The molecule has 0 aromatic rings. The number of thioether (sulfide) groups is 1. The Morgan fingerprint density at radius 1 is 1.64 bits per heavy atom. The van der Waals surface area contributed by atoms with Gasteiger partial charge in [-0.05, 0) is 6.42 Å². The molecule has 0 aromatic heterocycles. The third kappa shape index (κ3) is 2.19. The quantitative estimate of drug-likeness (QED) is 0.642. The molecule has 14 heavy (non-hydrogen) atoms. The summed E-state index contributed by atoms with van der Waals surface area (Å²) in [5.74, 6) is 0.463. The van der Waals surface area contributed by atoms with Crippen molar-refractivity contribution in [2.24, 2.45) is 11.5 Å². The van der Waals surface area contributed by atoms with Crippen LogP contribution in [0.4, 0.5) is 0 Å². The first-order valence-corrected chi connectivity index (χ1v) is 5.66. The second-order valence-electron chi connectivity index (χ2n) is 3.24. The zero-order chi connectivity index (χ0) is 10.7. The molecule has 2 atom stereocenters. The monoisotopic (exact) mass is 217 g/mol. The maximum absolute atomic E-state index is 11.7. The van der Waals surface area contributed by atoms with Crippen LogP contribution in [0.1, 0.15) is 13.3 Å². The largest absolute Gasteiger partial charge is 0.368 e. The van der Waals surface area contributed by atoms with Crippen LogP contribution in [0, 0.1) is 0 Å². The highest BCUT2D eigenvalue weighted by atomic mass is 32.2. The van der Waals surface area contributed by atoms with Gasteiger partial charge in [0.2, 0.25) is 11.8 Å². The smallest absolute Gasteiger partial charge is 0.241 e. The first-order valence-electron chi connectivity index (χ1n) is 4.51. The molecule has 80 valence electrons. The minimum atomic E-state index is -0.518. The minimum absolute atomic E-state index is 0.179. The molecule has 0 spiro atoms. The zero-order valence-corrected chi connectivity index (χ0v) is 8.92. The third-order valence-corrected chi connectivity index (χ3v) is 3.26. The van der Waals surface area contributed by atoms with Gasteiger partial charge in [0.25, 0.3) is 0 Å². The highest BCUT2D eigenvalue weighted by Crippen LogP contribution is 2.21. The molecule has 0 aromatic carbocycles. The molecule has 1 aliphatic heterocycles. The Balaban J connectivity index is 2.67. The summed E-state index contributed by atoms with van der Waals surface area (Å²) in [6.45, 7) is 1.84. The van der Waals surface area contributed by atoms with Crippen LogP contribution in [0.15, 0.2) is 0 Å². The van der Waals surface area contributed by atoms with Crippen molar-refractivity contribution in [3.05, 3.63) is 0 Å². The number of carbonyl (C=O) groups is 2. The van der Waals surface area contributed by atoms with Crippen LogP contribution < -0.4 is 11.5 Å². The molecular formula is C8H15N3O2S. The molecule has 0 unspecified atom stereocenters. The van der Waals surface area contributed by atoms with Crippen molar-refractivity contribution in [1.29, 1.82) is 0 Å². The van der Waals surface area contributed by atoms with Gasteiger partial charge in [0.05, 0.1) is 11.9 Å². The second kappa shape index (κ2) is 4.65. The fraction of sp³-hybridized carbons (Fsp3) is 0.750. The summed E-state index contributed by atoms with van der Waals surface area (Å²) < 4.78 is 0. The van der Waals surface area contributed by atoms with E-state index in [0.717, 1.165) is 0 Å². The van der Waals surface area contributed by atoms with E-state index >= 15 is 0 Å². The van der Waals surface area contributed by atoms with E-state index in [1.807, 2.05) is 6.92 Å². The maximum atomic E-state index is 11.7. The Kier molecular flexibility index (Phi) is 3.77. The van der Waals surface area contributed by atoms with E-state index in [9.17, 15) is 9.59 Å². The van der Waals surface area contributed by atoms with E-state index in [1.54, 1.807) is 0 Å². The first kappa shape index (κ1) is 11.3. The van der Waals surface area contributed by atoms with Crippen molar-refractivity contribution in [3.63, 3.8) is 0 Å². The molecule has 6 heteroatoms. The lowest BCUT2D eigenvalue weighted by Crippen LogP contribution is -2.50. The van der Waals surface area contributed by atoms with Crippen molar-refractivity contribution in [1.82, 2.24) is 4.90 Å². The van der Waals surface area contributed by atoms with Gasteiger partial charge in [0, 0.05) is 5.75 Å². The fourth-order valence-electron chi connectivity index (χ4n) is 1.28. The number of rotatable bonds is 3. The highest BCUT2D eigenvalue weighted by molar-refractivity contribution is 7.99. The number of nitrogens with zero attached hydrogens (tertiary/aromatic N) is 1. The molecule has 1 heterocycles. The summed E-state index contributed by atoms with van der Waals surface area (Å²) in [5, 5.41) is 0. The molecule has 1 aliphatic rings. The van der Waals surface area contributed by atoms with Crippen LogP contribution in [0.3, 0.4) is 0 Å². The summed E-state index contributed by atoms with van der Waals surface area (Å²) in [6, 6.07) is -0.999. The molecule has 2 amide bonds. The van der Waals surface area contributed by atoms with Crippen molar-refractivity contribution in [2.75, 3.05) is 11.6 Å². The van der Waals surface area contributed by atoms with Crippen molar-refractivity contribution < 1.29 is 9.59 Å². The van der Waals surface area contributed by atoms with Gasteiger partial charge >= 0.3 is 0 Å². The van der Waals surface area contributed by atoms with Gasteiger partial charge in [-0.3, -0.25) is 9.59 Å². The minimum Gasteiger partial charge on any atom is -0.368 e. The number of primary amides is 1. The number of nitrogens with two attached hydrogens (primary N) is 2. The van der Waals surface area contributed by atoms with Gasteiger partial charge < -0.3 is 16.4 Å². The van der Waals surface area contributed by atoms with Crippen molar-refractivity contribution >= 4 is 23.6 Å². The van der Waals surface area contributed by atoms with Gasteiger partial charge in [-0.15, -0.1) is 11.8 Å². The topological polar surface area (TPSA) is 89.4 Å². The number of hydrogen-bond acceptors (Lipinski definition) is 4. The van der Waals surface area contributed by atoms with Gasteiger partial charge in [0.15, 0.2) is 0 Å². The number of hydrogen-bond donors (Lipinski definition) is 2. The van der Waals surface area contributed by atoms with Crippen LogP contribution in [-0.2, 0) is 9.59 Å². The normalized spacial score (nSPS) is 23.6. The summed E-state index contributed by atoms with van der Waals surface area (Å²) in [6.07, 6.45) is 0.575. The second-order valence-corrected chi connectivity index (χ2v) is 4.24. The van der Waals surface area contributed by atoms with Crippen LogP contribution in [0.2, 0.25) is 0 Å². The summed E-state index contributed by atoms with van der Waals surface area (Å²) in [5.41, 5.74) is 10.8. The van der Waals surface area contributed by atoms with Gasteiger partial charge in [-0.2, -0.15) is 0 Å². The van der Waals surface area contributed by atoms with E-state index in [4.69, 9.17) is 11.5 Å². The van der Waals surface area contributed by atoms with E-state index in [2.05, 4.69) is 0 Å². The predicted molar refractivity (Wildman–Crippen MR) is 55.4 cm³/mol. The lowest BCUT2D eigenvalue weighted by Gasteiger charge is -2.23. The predicted octanol–water partition coefficient (Wildman–Crippen LogP) is -0.889. The maximum Gasteiger partial charge on any atom is 0.241 e. The summed E-state index contributed by atoms with van der Waals surface area (Å²) in [4.78, 5) is 24.1. The lowest BCUT2D eigenvalue weighted by atomic mass is 10.2. The molecule has 0 aliphatic carbocycles. The molecule has 1 fully saturated rings. The van der Waals surface area contributed by atoms with Crippen LogP contribution >= 0.6 is 11.8 Å². The van der Waals surface area contributed by atoms with Crippen LogP contribution in [0.25, 0.3) is 0 Å². The van der Waals surface area contributed by atoms with E-state index < -0.39 is 18.0 Å². The Hall–Kier alpha value is -0.750. The number of carbonyl (C=O) groups excluding carboxylic acids is 2. The molecule has 0 radical (unpaired) electrons. The average molecular weight is 217 g/mol. The molecule has 0 saturated carbocycles. The summed E-state index contributed by atoms with van der Waals surface area (Å²) in [7, 11) is 0. The van der Waals surface area contributed by atoms with Crippen LogP contribution in [-0.4, -0.2) is 40.4 Å². The zero-order valence-electron chi connectivity index (χ0n) is 8.10. The SMILES string of the molecule is CC[C@H](N)C(=O)N1CSC[C@@H]1C(N)=O. The highest BCUT2D eigenvalue weighted by Gasteiger charge is 2.34. The van der Waals surface area contributed by atoms with Gasteiger partial charge in [-0.1, -0.05) is 6.92 Å².